The van der Waals surface area contributed by atoms with Crippen molar-refractivity contribution >= 4 is 144 Å². The van der Waals surface area contributed by atoms with Gasteiger partial charge in [-0.1, -0.05) is 333 Å². The molecule has 20 aromatic rings. The fraction of sp³-hybridized carbons (Fsp3) is 0.0755. The van der Waals surface area contributed by atoms with Crippen molar-refractivity contribution in [3.05, 3.63) is 363 Å². The predicted octanol–water partition coefficient (Wildman–Crippen LogP) is 27.3. The third kappa shape index (κ3) is 9.84. The zero-order valence-electron chi connectivity index (χ0n) is 62.4. The van der Waals surface area contributed by atoms with Crippen LogP contribution in [0.1, 0.15) is 52.7 Å². The van der Waals surface area contributed by atoms with E-state index in [1.165, 1.54) is 114 Å². The van der Waals surface area contributed by atoms with Crippen molar-refractivity contribution in [2.75, 3.05) is 9.80 Å². The maximum Gasteiger partial charge on any atom is 0.252 e. The Morgan fingerprint density at radius 2 is 0.536 bits per heavy atom. The molecule has 0 radical (unpaired) electrons. The summed E-state index contributed by atoms with van der Waals surface area (Å²) >= 11 is 0. The smallest absolute Gasteiger partial charge is 0.252 e. The van der Waals surface area contributed by atoms with Crippen LogP contribution in [0.4, 0.5) is 34.1 Å². The van der Waals surface area contributed by atoms with E-state index in [9.17, 15) is 0 Å². The molecule has 0 unspecified atom stereocenters. The molecule has 110 heavy (non-hydrogen) atoms. The lowest BCUT2D eigenvalue weighted by Crippen LogP contribution is -2.61. The van der Waals surface area contributed by atoms with Crippen molar-refractivity contribution in [3.63, 3.8) is 0 Å². The Labute approximate surface area is 641 Å². The molecule has 3 nitrogen and oxygen atoms in total. The lowest BCUT2D eigenvalue weighted by Gasteiger charge is -2.46. The molecule has 19 aromatic carbocycles. The maximum atomic E-state index is 2.71. The number of hydrogen-bond acceptors (Lipinski definition) is 2. The molecule has 0 aliphatic carbocycles. The Balaban J connectivity index is 0.881. The summed E-state index contributed by atoms with van der Waals surface area (Å²) in [5, 5.41) is 17.8. The summed E-state index contributed by atoms with van der Waals surface area (Å²) in [7, 11) is 0. The van der Waals surface area contributed by atoms with Crippen LogP contribution in [0.15, 0.2) is 352 Å². The van der Waals surface area contributed by atoms with Gasteiger partial charge in [0.1, 0.15) is 0 Å². The Bertz CT molecular complexity index is 6490. The number of fused-ring (bicyclic) bond motifs is 7. The third-order valence-electron chi connectivity index (χ3n) is 24.2. The number of nitrogens with zero attached hydrogens (tertiary/aromatic N) is 3. The minimum Gasteiger partial charge on any atom is -0.310 e. The first kappa shape index (κ1) is 64.0. The van der Waals surface area contributed by atoms with Crippen LogP contribution in [0.25, 0.3) is 159 Å². The first-order valence-electron chi connectivity index (χ1n) is 38.8. The molecule has 0 amide bonds. The minimum absolute atomic E-state index is 0.0159. The molecule has 2 aliphatic heterocycles. The molecule has 1 aromatic heterocycles. The Hall–Kier alpha value is -13.3. The summed E-state index contributed by atoms with van der Waals surface area (Å²) in [5.41, 5.74) is 30.2. The van der Waals surface area contributed by atoms with E-state index >= 15 is 0 Å². The molecule has 0 N–H and O–H groups in total. The number of benzene rings is 19. The molecule has 4 heteroatoms. The maximum absolute atomic E-state index is 2.71. The van der Waals surface area contributed by atoms with Gasteiger partial charge in [0.2, 0.25) is 0 Å². The van der Waals surface area contributed by atoms with Crippen molar-refractivity contribution in [2.45, 2.75) is 52.4 Å². The summed E-state index contributed by atoms with van der Waals surface area (Å²) in [4.78, 5) is 5.42. The van der Waals surface area contributed by atoms with Gasteiger partial charge in [0, 0.05) is 55.8 Å². The van der Waals surface area contributed by atoms with E-state index < -0.39 is 0 Å². The van der Waals surface area contributed by atoms with Crippen molar-refractivity contribution in [1.29, 1.82) is 0 Å². The van der Waals surface area contributed by atoms with Crippen LogP contribution < -0.4 is 26.2 Å². The highest BCUT2D eigenvalue weighted by Gasteiger charge is 2.46. The fourth-order valence-electron chi connectivity index (χ4n) is 19.0. The van der Waals surface area contributed by atoms with Crippen LogP contribution in [0.5, 0.6) is 0 Å². The Morgan fingerprint density at radius 3 is 0.855 bits per heavy atom. The molecule has 518 valence electrons. The van der Waals surface area contributed by atoms with E-state index in [0.29, 0.717) is 0 Å². The SMILES string of the molecule is CC(C)(C)c1cc2ccc3cc(-c4ccc5c(c4)N(c4c(-c6ccccc6)cccc4-c4ccccc4)c4cc(-n6c7ccccc7c7ccccc76)cc6c4B5c4ccc(-c5cc7ccc8cc(C(C)(C)C)cc9ccc(c5)c7c89)cc4N6c4c(-c5ccccc5)cccc4-c4ccccc4)cc4ccc(c1)c2c34. The zero-order valence-corrected chi connectivity index (χ0v) is 62.4. The molecule has 22 rings (SSSR count). The van der Waals surface area contributed by atoms with Gasteiger partial charge >= 0.3 is 0 Å². The van der Waals surface area contributed by atoms with Crippen molar-refractivity contribution in [2.24, 2.45) is 0 Å². The Morgan fingerprint density at radius 1 is 0.236 bits per heavy atom. The van der Waals surface area contributed by atoms with Gasteiger partial charge in [-0.2, -0.15) is 0 Å². The molecular formula is C106H76BN3. The number of rotatable bonds is 9. The average Bonchev–Trinajstić information content (AvgIpc) is 0.755. The summed E-state index contributed by atoms with van der Waals surface area (Å²) in [6, 6.07) is 135. The highest BCUT2D eigenvalue weighted by atomic mass is 15.2. The van der Waals surface area contributed by atoms with E-state index in [1.54, 1.807) is 0 Å². The summed E-state index contributed by atoms with van der Waals surface area (Å²) in [6.07, 6.45) is 0. The quantitative estimate of drug-likeness (QED) is 0.105. The molecule has 2 aliphatic rings. The van der Waals surface area contributed by atoms with Crippen molar-refractivity contribution in [1.82, 2.24) is 4.57 Å². The largest absolute Gasteiger partial charge is 0.310 e. The van der Waals surface area contributed by atoms with Crippen LogP contribution in [0.2, 0.25) is 0 Å². The van der Waals surface area contributed by atoms with Gasteiger partial charge < -0.3 is 14.4 Å². The number of para-hydroxylation sites is 4. The molecule has 0 bridgehead atoms. The molecule has 0 saturated heterocycles. The molecular weight excluding hydrogens is 1330 g/mol. The van der Waals surface area contributed by atoms with Gasteiger partial charge in [-0.3, -0.25) is 0 Å². The van der Waals surface area contributed by atoms with Crippen LogP contribution >= 0.6 is 0 Å². The highest BCUT2D eigenvalue weighted by molar-refractivity contribution is 7.00. The van der Waals surface area contributed by atoms with E-state index in [0.717, 1.165) is 106 Å². The number of anilines is 6. The van der Waals surface area contributed by atoms with Crippen LogP contribution in [-0.4, -0.2) is 11.3 Å². The van der Waals surface area contributed by atoms with Crippen LogP contribution in [0.3, 0.4) is 0 Å². The monoisotopic (exact) mass is 1400 g/mol. The first-order chi connectivity index (χ1) is 53.8. The second-order valence-corrected chi connectivity index (χ2v) is 32.7. The lowest BCUT2D eigenvalue weighted by molar-refractivity contribution is 0.591. The number of hydrogen-bond donors (Lipinski definition) is 0. The third-order valence-corrected chi connectivity index (χ3v) is 24.2. The van der Waals surface area contributed by atoms with E-state index in [2.05, 4.69) is 408 Å². The molecule has 3 heterocycles. The zero-order chi connectivity index (χ0) is 73.4. The second kappa shape index (κ2) is 24.1. The standard InChI is InChI=1S/C106H76BN3/c1-105(2,3)81-57-75-45-41-71-53-79(54-72-42-46-76(58-81)100(75)98(71)72)69-49-51-90-94(61-69)109(103-84(65-25-11-7-12-26-65)35-23-36-85(103)66-27-13-8-14-28-66)96-63-83(108-92-39-21-19-33-88(92)89-34-20-22-40-93(89)108)64-97-102(96)107(90)91-52-50-70(80-55-73-43-47-77-59-82(106(4,5)6)60-78-48-44-74(56-80)99(73)101(77)78)62-95(91)110(97)104-86(67-29-15-9-16-30-67)37-24-38-87(104)68-31-17-10-18-32-68/h7-64H,1-6H3. The second-order valence-electron chi connectivity index (χ2n) is 32.7. The summed E-state index contributed by atoms with van der Waals surface area (Å²) in [6.45, 7) is 13.7. The summed E-state index contributed by atoms with van der Waals surface area (Å²) in [5.74, 6) is 0. The van der Waals surface area contributed by atoms with Crippen LogP contribution in [0, 0.1) is 0 Å². The van der Waals surface area contributed by atoms with Gasteiger partial charge in [-0.25, -0.2) is 0 Å². The van der Waals surface area contributed by atoms with Gasteiger partial charge in [-0.15, -0.1) is 0 Å². The van der Waals surface area contributed by atoms with Crippen molar-refractivity contribution < 1.29 is 0 Å². The van der Waals surface area contributed by atoms with Gasteiger partial charge in [0.25, 0.3) is 6.71 Å². The van der Waals surface area contributed by atoms with Crippen LogP contribution in [-0.2, 0) is 10.8 Å². The average molecular weight is 1400 g/mol. The van der Waals surface area contributed by atoms with E-state index in [-0.39, 0.29) is 17.5 Å². The highest BCUT2D eigenvalue weighted by Crippen LogP contribution is 2.55. The number of aromatic nitrogens is 1. The summed E-state index contributed by atoms with van der Waals surface area (Å²) < 4.78 is 2.55. The lowest BCUT2D eigenvalue weighted by atomic mass is 9.33. The predicted molar refractivity (Wildman–Crippen MR) is 472 cm³/mol. The minimum atomic E-state index is -0.257. The first-order valence-corrected chi connectivity index (χ1v) is 38.8. The van der Waals surface area contributed by atoms with Gasteiger partial charge in [0.15, 0.2) is 0 Å². The Kier molecular flexibility index (Phi) is 14.0. The van der Waals surface area contributed by atoms with Crippen molar-refractivity contribution in [3.8, 4) is 72.4 Å². The van der Waals surface area contributed by atoms with Gasteiger partial charge in [0.05, 0.1) is 28.1 Å². The van der Waals surface area contributed by atoms with E-state index in [4.69, 9.17) is 0 Å². The molecule has 0 spiro atoms. The normalized spacial score (nSPS) is 12.9. The molecule has 0 atom stereocenters. The fourth-order valence-corrected chi connectivity index (χ4v) is 19.0. The topological polar surface area (TPSA) is 11.4 Å². The van der Waals surface area contributed by atoms with E-state index in [1.807, 2.05) is 0 Å². The van der Waals surface area contributed by atoms with Gasteiger partial charge in [-0.05, 0) is 208 Å². The molecule has 0 saturated carbocycles. The molecule has 0 fully saturated rings.